The Balaban J connectivity index is 2.85. The molecule has 4 heteroatoms. The minimum atomic E-state index is 0.0621. The van der Waals surface area contributed by atoms with E-state index in [1.165, 1.54) is 0 Å². The molecule has 16 heavy (non-hydrogen) atoms. The molecule has 0 amide bonds. The minimum Gasteiger partial charge on any atom is -0.329 e. The summed E-state index contributed by atoms with van der Waals surface area (Å²) >= 11 is 0. The second-order valence-electron chi connectivity index (χ2n) is 5.11. The van der Waals surface area contributed by atoms with Crippen molar-refractivity contribution >= 4 is 0 Å². The maximum Gasteiger partial charge on any atom is 0.0951 e. The Kier molecular flexibility index (Phi) is 4.50. The Bertz CT molecular complexity index is 317. The number of hydrogen-bond donors (Lipinski definition) is 1. The van der Waals surface area contributed by atoms with Crippen LogP contribution in [0.4, 0.5) is 0 Å². The van der Waals surface area contributed by atoms with Crippen LogP contribution < -0.4 is 5.73 Å². The lowest BCUT2D eigenvalue weighted by Crippen LogP contribution is -2.26. The third-order valence-corrected chi connectivity index (χ3v) is 2.86. The van der Waals surface area contributed by atoms with Gasteiger partial charge in [-0.25, -0.2) is 4.98 Å². The molecule has 1 heterocycles. The standard InChI is InChI=1S/C12H24N4/c1-9(2)12(13)11-6-14-8-16(11)10(3)7-15(4)5/h6,8-10,12H,7,13H2,1-5H3. The van der Waals surface area contributed by atoms with E-state index in [1.807, 2.05) is 12.5 Å². The zero-order valence-electron chi connectivity index (χ0n) is 11.0. The normalized spacial score (nSPS) is 15.8. The molecule has 0 aliphatic rings. The van der Waals surface area contributed by atoms with Crippen molar-refractivity contribution in [3.8, 4) is 0 Å². The van der Waals surface area contributed by atoms with Gasteiger partial charge >= 0.3 is 0 Å². The number of hydrogen-bond acceptors (Lipinski definition) is 3. The molecule has 2 N–H and O–H groups in total. The zero-order chi connectivity index (χ0) is 12.3. The van der Waals surface area contributed by atoms with Crippen molar-refractivity contribution in [2.24, 2.45) is 11.7 Å². The smallest absolute Gasteiger partial charge is 0.0951 e. The van der Waals surface area contributed by atoms with Crippen LogP contribution in [0, 0.1) is 5.92 Å². The summed E-state index contributed by atoms with van der Waals surface area (Å²) < 4.78 is 2.19. The van der Waals surface area contributed by atoms with E-state index in [2.05, 4.69) is 49.3 Å². The van der Waals surface area contributed by atoms with Crippen molar-refractivity contribution < 1.29 is 0 Å². The highest BCUT2D eigenvalue weighted by molar-refractivity contribution is 5.07. The highest BCUT2D eigenvalue weighted by atomic mass is 15.1. The fourth-order valence-electron chi connectivity index (χ4n) is 1.90. The van der Waals surface area contributed by atoms with E-state index >= 15 is 0 Å². The lowest BCUT2D eigenvalue weighted by Gasteiger charge is -2.24. The molecular weight excluding hydrogens is 200 g/mol. The molecule has 4 nitrogen and oxygen atoms in total. The predicted molar refractivity (Wildman–Crippen MR) is 67.3 cm³/mol. The summed E-state index contributed by atoms with van der Waals surface area (Å²) in [4.78, 5) is 6.39. The van der Waals surface area contributed by atoms with Crippen LogP contribution in [0.25, 0.3) is 0 Å². The van der Waals surface area contributed by atoms with E-state index in [9.17, 15) is 0 Å². The van der Waals surface area contributed by atoms with E-state index in [1.54, 1.807) is 0 Å². The molecule has 0 aliphatic carbocycles. The van der Waals surface area contributed by atoms with Gasteiger partial charge in [-0.1, -0.05) is 13.8 Å². The average molecular weight is 224 g/mol. The van der Waals surface area contributed by atoms with Gasteiger partial charge in [0, 0.05) is 24.8 Å². The molecular formula is C12H24N4. The molecule has 1 rings (SSSR count). The number of aromatic nitrogens is 2. The van der Waals surface area contributed by atoms with E-state index in [0.717, 1.165) is 12.2 Å². The lowest BCUT2D eigenvalue weighted by atomic mass is 10.0. The van der Waals surface area contributed by atoms with Gasteiger partial charge in [0.05, 0.1) is 12.0 Å². The summed E-state index contributed by atoms with van der Waals surface area (Å²) in [5.41, 5.74) is 7.31. The molecule has 92 valence electrons. The van der Waals surface area contributed by atoms with Crippen molar-refractivity contribution in [2.75, 3.05) is 20.6 Å². The third kappa shape index (κ3) is 3.06. The second kappa shape index (κ2) is 5.46. The SMILES string of the molecule is CC(C)C(N)c1cncn1C(C)CN(C)C. The predicted octanol–water partition coefficient (Wildman–Crippen LogP) is 1.66. The fraction of sp³-hybridized carbons (Fsp3) is 0.750. The van der Waals surface area contributed by atoms with Crippen LogP contribution in [-0.2, 0) is 0 Å². The van der Waals surface area contributed by atoms with Crippen LogP contribution in [0.5, 0.6) is 0 Å². The zero-order valence-corrected chi connectivity index (χ0v) is 11.0. The number of nitrogens with two attached hydrogens (primary N) is 1. The fourth-order valence-corrected chi connectivity index (χ4v) is 1.90. The van der Waals surface area contributed by atoms with Crippen molar-refractivity contribution in [2.45, 2.75) is 32.9 Å². The number of nitrogens with zero attached hydrogens (tertiary/aromatic N) is 3. The van der Waals surface area contributed by atoms with Gasteiger partial charge in [0.2, 0.25) is 0 Å². The largest absolute Gasteiger partial charge is 0.329 e. The topological polar surface area (TPSA) is 47.1 Å². The summed E-state index contributed by atoms with van der Waals surface area (Å²) in [5, 5.41) is 0. The molecule has 0 spiro atoms. The van der Waals surface area contributed by atoms with Gasteiger partial charge in [0.1, 0.15) is 0 Å². The molecule has 0 saturated heterocycles. The summed E-state index contributed by atoms with van der Waals surface area (Å²) in [6, 6.07) is 0.462. The number of imidazole rings is 1. The Morgan fingerprint density at radius 2 is 2.00 bits per heavy atom. The molecule has 0 saturated carbocycles. The highest BCUT2D eigenvalue weighted by Gasteiger charge is 2.18. The Labute approximate surface area is 98.5 Å². The summed E-state index contributed by atoms with van der Waals surface area (Å²) in [5.74, 6) is 0.432. The summed E-state index contributed by atoms with van der Waals surface area (Å²) in [6.45, 7) is 7.46. The lowest BCUT2D eigenvalue weighted by molar-refractivity contribution is 0.326. The van der Waals surface area contributed by atoms with Crippen LogP contribution in [0.3, 0.4) is 0 Å². The number of likely N-dealkylation sites (N-methyl/N-ethyl adjacent to an activating group) is 1. The van der Waals surface area contributed by atoms with Gasteiger partial charge in [-0.15, -0.1) is 0 Å². The molecule has 1 aromatic heterocycles. The van der Waals surface area contributed by atoms with E-state index in [-0.39, 0.29) is 6.04 Å². The maximum absolute atomic E-state index is 6.18. The van der Waals surface area contributed by atoms with E-state index in [0.29, 0.717) is 12.0 Å². The first kappa shape index (κ1) is 13.2. The van der Waals surface area contributed by atoms with Crippen molar-refractivity contribution in [1.82, 2.24) is 14.5 Å². The first-order valence-corrected chi connectivity index (χ1v) is 5.85. The molecule has 2 atom stereocenters. The maximum atomic E-state index is 6.18. The van der Waals surface area contributed by atoms with Crippen molar-refractivity contribution in [3.05, 3.63) is 18.2 Å². The molecule has 1 aromatic rings. The van der Waals surface area contributed by atoms with Crippen LogP contribution in [-0.4, -0.2) is 35.1 Å². The summed E-state index contributed by atoms with van der Waals surface area (Å²) in [7, 11) is 4.16. The number of rotatable bonds is 5. The molecule has 0 aromatic carbocycles. The average Bonchev–Trinajstić information content (AvgIpc) is 2.63. The van der Waals surface area contributed by atoms with Crippen LogP contribution in [0.2, 0.25) is 0 Å². The summed E-state index contributed by atoms with van der Waals surface area (Å²) in [6.07, 6.45) is 3.77. The van der Waals surface area contributed by atoms with Gasteiger partial charge in [-0.05, 0) is 26.9 Å². The third-order valence-electron chi connectivity index (χ3n) is 2.86. The van der Waals surface area contributed by atoms with Gasteiger partial charge in [0.15, 0.2) is 0 Å². The van der Waals surface area contributed by atoms with Crippen LogP contribution >= 0.6 is 0 Å². The first-order valence-electron chi connectivity index (χ1n) is 5.85. The quantitative estimate of drug-likeness (QED) is 0.827. The van der Waals surface area contributed by atoms with Crippen LogP contribution in [0.1, 0.15) is 38.5 Å². The molecule has 0 fully saturated rings. The van der Waals surface area contributed by atoms with E-state index in [4.69, 9.17) is 5.73 Å². The monoisotopic (exact) mass is 224 g/mol. The minimum absolute atomic E-state index is 0.0621. The van der Waals surface area contributed by atoms with Crippen LogP contribution in [0.15, 0.2) is 12.5 Å². The van der Waals surface area contributed by atoms with Crippen molar-refractivity contribution in [1.29, 1.82) is 0 Å². The van der Waals surface area contributed by atoms with E-state index < -0.39 is 0 Å². The molecule has 2 unspecified atom stereocenters. The van der Waals surface area contributed by atoms with Crippen molar-refractivity contribution in [3.63, 3.8) is 0 Å². The van der Waals surface area contributed by atoms with Gasteiger partial charge in [0.25, 0.3) is 0 Å². The van der Waals surface area contributed by atoms with Gasteiger partial charge in [-0.3, -0.25) is 0 Å². The molecule has 0 radical (unpaired) electrons. The Hall–Kier alpha value is -0.870. The second-order valence-corrected chi connectivity index (χ2v) is 5.11. The Morgan fingerprint density at radius 3 is 2.50 bits per heavy atom. The Morgan fingerprint density at radius 1 is 1.38 bits per heavy atom. The highest BCUT2D eigenvalue weighted by Crippen LogP contribution is 2.21. The first-order chi connectivity index (χ1) is 7.43. The van der Waals surface area contributed by atoms with Gasteiger partial charge < -0.3 is 15.2 Å². The van der Waals surface area contributed by atoms with Gasteiger partial charge in [-0.2, -0.15) is 0 Å². The molecule has 0 aliphatic heterocycles. The molecule has 0 bridgehead atoms.